The van der Waals surface area contributed by atoms with Crippen molar-refractivity contribution in [2.45, 2.75) is 18.4 Å². The number of ether oxygens (including phenoxy) is 2. The number of amides is 1. The van der Waals surface area contributed by atoms with Crippen LogP contribution in [0.3, 0.4) is 0 Å². The second-order valence-electron chi connectivity index (χ2n) is 5.56. The summed E-state index contributed by atoms with van der Waals surface area (Å²) in [5, 5.41) is 2.66. The van der Waals surface area contributed by atoms with Gasteiger partial charge in [-0.15, -0.1) is 0 Å². The predicted octanol–water partition coefficient (Wildman–Crippen LogP) is 1.61. The van der Waals surface area contributed by atoms with Crippen molar-refractivity contribution >= 4 is 15.9 Å². The fourth-order valence-electron chi connectivity index (χ4n) is 2.35. The van der Waals surface area contributed by atoms with E-state index in [0.717, 1.165) is 5.56 Å². The van der Waals surface area contributed by atoms with Crippen LogP contribution in [0.2, 0.25) is 0 Å². The molecule has 0 saturated carbocycles. The van der Waals surface area contributed by atoms with Gasteiger partial charge in [-0.05, 0) is 36.2 Å². The molecular formula is C18H22N2O5S. The fourth-order valence-corrected chi connectivity index (χ4v) is 3.58. The molecule has 0 fully saturated rings. The van der Waals surface area contributed by atoms with Crippen LogP contribution in [0, 0.1) is 6.92 Å². The molecule has 0 aromatic heterocycles. The van der Waals surface area contributed by atoms with E-state index in [1.807, 2.05) is 0 Å². The van der Waals surface area contributed by atoms with E-state index < -0.39 is 15.9 Å². The van der Waals surface area contributed by atoms with Gasteiger partial charge in [0.15, 0.2) is 11.5 Å². The summed E-state index contributed by atoms with van der Waals surface area (Å²) in [6.07, 6.45) is 0. The smallest absolute Gasteiger partial charge is 0.241 e. The lowest BCUT2D eigenvalue weighted by molar-refractivity contribution is -0.120. The number of methoxy groups -OCH3 is 2. The van der Waals surface area contributed by atoms with Crippen LogP contribution in [-0.2, 0) is 21.4 Å². The third kappa shape index (κ3) is 4.96. The van der Waals surface area contributed by atoms with Crippen molar-refractivity contribution in [2.75, 3.05) is 20.8 Å². The Morgan fingerprint density at radius 2 is 1.73 bits per heavy atom. The summed E-state index contributed by atoms with van der Waals surface area (Å²) in [5.41, 5.74) is 1.42. The molecule has 140 valence electrons. The molecule has 0 aliphatic carbocycles. The van der Waals surface area contributed by atoms with E-state index in [1.165, 1.54) is 13.2 Å². The maximum Gasteiger partial charge on any atom is 0.241 e. The summed E-state index contributed by atoms with van der Waals surface area (Å²) in [6, 6.07) is 11.9. The molecule has 1 amide bonds. The molecule has 0 heterocycles. The number of carbonyl (C=O) groups is 1. The normalized spacial score (nSPS) is 11.0. The lowest BCUT2D eigenvalue weighted by Crippen LogP contribution is -2.36. The molecule has 2 aromatic rings. The zero-order chi connectivity index (χ0) is 19.2. The molecule has 2 N–H and O–H groups in total. The Kier molecular flexibility index (Phi) is 6.59. The van der Waals surface area contributed by atoms with E-state index in [9.17, 15) is 13.2 Å². The van der Waals surface area contributed by atoms with Crippen LogP contribution in [0.25, 0.3) is 0 Å². The highest BCUT2D eigenvalue weighted by atomic mass is 32.2. The molecule has 0 bridgehead atoms. The van der Waals surface area contributed by atoms with E-state index >= 15 is 0 Å². The Balaban J connectivity index is 1.92. The molecule has 0 aliphatic heterocycles. The van der Waals surface area contributed by atoms with Crippen LogP contribution in [0.1, 0.15) is 11.1 Å². The van der Waals surface area contributed by atoms with Gasteiger partial charge in [0.2, 0.25) is 15.9 Å². The van der Waals surface area contributed by atoms with Crippen LogP contribution in [0.15, 0.2) is 47.4 Å². The van der Waals surface area contributed by atoms with Crippen molar-refractivity contribution in [1.82, 2.24) is 10.0 Å². The van der Waals surface area contributed by atoms with Gasteiger partial charge in [0, 0.05) is 6.54 Å². The summed E-state index contributed by atoms with van der Waals surface area (Å²) in [4.78, 5) is 12.1. The molecular weight excluding hydrogens is 356 g/mol. The molecule has 0 radical (unpaired) electrons. The van der Waals surface area contributed by atoms with Gasteiger partial charge in [-0.25, -0.2) is 13.1 Å². The molecule has 0 spiro atoms. The molecule has 0 unspecified atom stereocenters. The summed E-state index contributed by atoms with van der Waals surface area (Å²) in [6.45, 7) is 1.60. The maximum absolute atomic E-state index is 12.3. The summed E-state index contributed by atoms with van der Waals surface area (Å²) in [5.74, 6) is 0.713. The molecule has 8 heteroatoms. The minimum Gasteiger partial charge on any atom is -0.493 e. The second kappa shape index (κ2) is 8.68. The highest BCUT2D eigenvalue weighted by Gasteiger charge is 2.17. The zero-order valence-electron chi connectivity index (χ0n) is 14.9. The van der Waals surface area contributed by atoms with Crippen LogP contribution in [0.4, 0.5) is 0 Å². The lowest BCUT2D eigenvalue weighted by atomic mass is 10.2. The van der Waals surface area contributed by atoms with Gasteiger partial charge >= 0.3 is 0 Å². The Labute approximate surface area is 153 Å². The highest BCUT2D eigenvalue weighted by Crippen LogP contribution is 2.27. The number of nitrogens with one attached hydrogen (secondary N) is 2. The molecule has 2 aromatic carbocycles. The third-order valence-electron chi connectivity index (χ3n) is 3.74. The minimum atomic E-state index is -3.74. The van der Waals surface area contributed by atoms with Crippen LogP contribution < -0.4 is 19.5 Å². The van der Waals surface area contributed by atoms with Crippen LogP contribution >= 0.6 is 0 Å². The number of hydrogen-bond donors (Lipinski definition) is 2. The molecule has 0 saturated heterocycles. The van der Waals surface area contributed by atoms with Crippen molar-refractivity contribution < 1.29 is 22.7 Å². The second-order valence-corrected chi connectivity index (χ2v) is 7.29. The Morgan fingerprint density at radius 1 is 1.04 bits per heavy atom. The molecule has 0 aliphatic rings. The lowest BCUT2D eigenvalue weighted by Gasteiger charge is -2.11. The first kappa shape index (κ1) is 19.7. The number of benzene rings is 2. The molecule has 7 nitrogen and oxygen atoms in total. The standard InChI is InChI=1S/C18H22N2O5S/c1-13-6-4-5-7-17(13)26(22,23)20-12-18(21)19-11-14-8-9-15(24-2)16(10-14)25-3/h4-10,20H,11-12H2,1-3H3,(H,19,21). The number of aryl methyl sites for hydroxylation is 1. The monoisotopic (exact) mass is 378 g/mol. The van der Waals surface area contributed by atoms with Gasteiger partial charge in [-0.1, -0.05) is 24.3 Å². The van der Waals surface area contributed by atoms with Gasteiger partial charge in [0.05, 0.1) is 25.7 Å². The molecule has 2 rings (SSSR count). The average Bonchev–Trinajstić information content (AvgIpc) is 2.64. The first-order chi connectivity index (χ1) is 12.4. The summed E-state index contributed by atoms with van der Waals surface area (Å²) >= 11 is 0. The maximum atomic E-state index is 12.3. The van der Waals surface area contributed by atoms with Gasteiger partial charge in [0.1, 0.15) is 0 Å². The fraction of sp³-hybridized carbons (Fsp3) is 0.278. The van der Waals surface area contributed by atoms with Gasteiger partial charge in [0.25, 0.3) is 0 Å². The summed E-state index contributed by atoms with van der Waals surface area (Å²) in [7, 11) is -0.666. The molecule has 0 atom stereocenters. The van der Waals surface area contributed by atoms with E-state index in [4.69, 9.17) is 9.47 Å². The first-order valence-electron chi connectivity index (χ1n) is 7.90. The van der Waals surface area contributed by atoms with Gasteiger partial charge < -0.3 is 14.8 Å². The topological polar surface area (TPSA) is 93.7 Å². The largest absolute Gasteiger partial charge is 0.493 e. The predicted molar refractivity (Wildman–Crippen MR) is 97.8 cm³/mol. The van der Waals surface area contributed by atoms with E-state index in [0.29, 0.717) is 17.1 Å². The van der Waals surface area contributed by atoms with E-state index in [2.05, 4.69) is 10.0 Å². The van der Waals surface area contributed by atoms with E-state index in [-0.39, 0.29) is 18.0 Å². The first-order valence-corrected chi connectivity index (χ1v) is 9.38. The van der Waals surface area contributed by atoms with Crippen molar-refractivity contribution in [3.8, 4) is 11.5 Å². The van der Waals surface area contributed by atoms with Gasteiger partial charge in [-0.2, -0.15) is 0 Å². The number of rotatable bonds is 8. The Morgan fingerprint density at radius 3 is 2.38 bits per heavy atom. The minimum absolute atomic E-state index is 0.160. The van der Waals surface area contributed by atoms with Gasteiger partial charge in [-0.3, -0.25) is 4.79 Å². The number of hydrogen-bond acceptors (Lipinski definition) is 5. The quantitative estimate of drug-likeness (QED) is 0.728. The Hall–Kier alpha value is -2.58. The van der Waals surface area contributed by atoms with Crippen molar-refractivity contribution in [1.29, 1.82) is 0 Å². The molecule has 26 heavy (non-hydrogen) atoms. The van der Waals surface area contributed by atoms with Crippen LogP contribution in [0.5, 0.6) is 11.5 Å². The van der Waals surface area contributed by atoms with E-state index in [1.54, 1.807) is 50.4 Å². The van der Waals surface area contributed by atoms with Crippen molar-refractivity contribution in [3.63, 3.8) is 0 Å². The zero-order valence-corrected chi connectivity index (χ0v) is 15.7. The number of carbonyl (C=O) groups excluding carboxylic acids is 1. The number of sulfonamides is 1. The third-order valence-corrected chi connectivity index (χ3v) is 5.30. The average molecular weight is 378 g/mol. The SMILES string of the molecule is COc1ccc(CNC(=O)CNS(=O)(=O)c2ccccc2C)cc1OC. The van der Waals surface area contributed by atoms with Crippen molar-refractivity contribution in [2.24, 2.45) is 0 Å². The van der Waals surface area contributed by atoms with Crippen LogP contribution in [-0.4, -0.2) is 35.1 Å². The Bertz CT molecular complexity index is 881. The summed E-state index contributed by atoms with van der Waals surface area (Å²) < 4.78 is 37.2. The van der Waals surface area contributed by atoms with Crippen molar-refractivity contribution in [3.05, 3.63) is 53.6 Å². The highest BCUT2D eigenvalue weighted by molar-refractivity contribution is 7.89.